The van der Waals surface area contributed by atoms with E-state index in [2.05, 4.69) is 11.8 Å². The van der Waals surface area contributed by atoms with Crippen molar-refractivity contribution in [3.05, 3.63) is 0 Å². The molecule has 14 heteroatoms. The van der Waals surface area contributed by atoms with Crippen LogP contribution in [0.2, 0.25) is 0 Å². The van der Waals surface area contributed by atoms with E-state index in [4.69, 9.17) is 4.55 Å². The summed E-state index contributed by atoms with van der Waals surface area (Å²) < 4.78 is 134. The molecule has 1 aliphatic heterocycles. The SMILES string of the molecule is C1CCSC1.O=S(=O)(O)C(F)(F)C(F)(F)C(F)(F)C(F)(F)F. The molecule has 0 unspecified atom stereocenters. The highest BCUT2D eigenvalue weighted by Crippen LogP contribution is 2.54. The molecule has 1 aliphatic rings. The van der Waals surface area contributed by atoms with E-state index in [0.29, 0.717) is 0 Å². The molecule has 0 aromatic heterocycles. The van der Waals surface area contributed by atoms with Crippen LogP contribution in [0.3, 0.4) is 0 Å². The van der Waals surface area contributed by atoms with Gasteiger partial charge in [-0.15, -0.1) is 0 Å². The normalized spacial score (nSPS) is 17.9. The Labute approximate surface area is 123 Å². The van der Waals surface area contributed by atoms with Crippen LogP contribution in [0, 0.1) is 0 Å². The maximum Gasteiger partial charge on any atom is 0.460 e. The van der Waals surface area contributed by atoms with Crippen LogP contribution in [-0.2, 0) is 10.1 Å². The molecule has 0 bridgehead atoms. The van der Waals surface area contributed by atoms with Crippen LogP contribution >= 0.6 is 11.8 Å². The zero-order valence-corrected chi connectivity index (χ0v) is 11.9. The Bertz CT molecular complexity index is 460. The standard InChI is InChI=1S/C4HF9O3S.C4H8S/c5-1(6,3(9,10)11)2(7,8)4(12,13)17(14,15)16;1-2-4-5-3-1/h(H,14,15,16);1-4H2. The van der Waals surface area contributed by atoms with Crippen molar-refractivity contribution in [3.8, 4) is 0 Å². The first kappa shape index (κ1) is 21.6. The number of hydrogen-bond donors (Lipinski definition) is 1. The van der Waals surface area contributed by atoms with E-state index < -0.39 is 33.4 Å². The molecule has 0 atom stereocenters. The van der Waals surface area contributed by atoms with Crippen LogP contribution in [0.15, 0.2) is 0 Å². The molecule has 1 fully saturated rings. The Kier molecular flexibility index (Phi) is 6.52. The first-order valence-electron chi connectivity index (χ1n) is 5.25. The van der Waals surface area contributed by atoms with Crippen molar-refractivity contribution < 1.29 is 52.5 Å². The van der Waals surface area contributed by atoms with E-state index in [1.54, 1.807) is 0 Å². The lowest BCUT2D eigenvalue weighted by atomic mass is 10.1. The summed E-state index contributed by atoms with van der Waals surface area (Å²) >= 11 is 2.07. The van der Waals surface area contributed by atoms with Crippen molar-refractivity contribution in [1.29, 1.82) is 0 Å². The van der Waals surface area contributed by atoms with Gasteiger partial charge in [-0.1, -0.05) is 0 Å². The second kappa shape index (κ2) is 6.63. The Morgan fingerprint density at radius 1 is 0.773 bits per heavy atom. The molecule has 0 aromatic carbocycles. The minimum absolute atomic E-state index is 1.42. The molecule has 1 N–H and O–H groups in total. The van der Waals surface area contributed by atoms with E-state index in [1.165, 1.54) is 24.3 Å². The predicted molar refractivity (Wildman–Crippen MR) is 59.0 cm³/mol. The first-order chi connectivity index (χ1) is 9.50. The van der Waals surface area contributed by atoms with Crippen molar-refractivity contribution in [2.75, 3.05) is 11.5 Å². The Morgan fingerprint density at radius 3 is 1.32 bits per heavy atom. The fourth-order valence-electron chi connectivity index (χ4n) is 1.03. The molecule has 3 nitrogen and oxygen atoms in total. The molecule has 0 radical (unpaired) electrons. The van der Waals surface area contributed by atoms with Crippen LogP contribution in [0.4, 0.5) is 39.5 Å². The minimum atomic E-state index is -7.37. The lowest BCUT2D eigenvalue weighted by Crippen LogP contribution is -2.63. The average molecular weight is 388 g/mol. The van der Waals surface area contributed by atoms with Gasteiger partial charge < -0.3 is 0 Å². The van der Waals surface area contributed by atoms with Crippen LogP contribution in [0.1, 0.15) is 12.8 Å². The van der Waals surface area contributed by atoms with E-state index in [9.17, 15) is 47.9 Å². The quantitative estimate of drug-likeness (QED) is 0.590. The number of alkyl halides is 9. The van der Waals surface area contributed by atoms with Gasteiger partial charge in [0.15, 0.2) is 0 Å². The first-order valence-corrected chi connectivity index (χ1v) is 7.84. The van der Waals surface area contributed by atoms with Crippen molar-refractivity contribution in [1.82, 2.24) is 0 Å². The Morgan fingerprint density at radius 2 is 1.14 bits per heavy atom. The number of rotatable bonds is 3. The van der Waals surface area contributed by atoms with Crippen molar-refractivity contribution in [2.45, 2.75) is 36.1 Å². The Balaban J connectivity index is 0.000000734. The van der Waals surface area contributed by atoms with E-state index in [1.807, 2.05) is 0 Å². The third kappa shape index (κ3) is 4.13. The molecule has 1 heterocycles. The van der Waals surface area contributed by atoms with Crippen LogP contribution in [0.25, 0.3) is 0 Å². The molecular formula is C8H9F9O3S2. The summed E-state index contributed by atoms with van der Waals surface area (Å²) in [5.74, 6) is -11.9. The number of thioether (sulfide) groups is 1. The highest BCUT2D eigenvalue weighted by atomic mass is 32.2. The third-order valence-electron chi connectivity index (χ3n) is 2.27. The maximum atomic E-state index is 12.2. The van der Waals surface area contributed by atoms with Gasteiger partial charge in [0.2, 0.25) is 0 Å². The van der Waals surface area contributed by atoms with Gasteiger partial charge in [-0.2, -0.15) is 59.7 Å². The predicted octanol–water partition coefficient (Wildman–Crippen LogP) is 3.81. The molecule has 22 heavy (non-hydrogen) atoms. The summed E-state index contributed by atoms with van der Waals surface area (Å²) in [7, 11) is -7.17. The highest BCUT2D eigenvalue weighted by Gasteiger charge is 2.85. The molecule has 134 valence electrons. The van der Waals surface area contributed by atoms with Crippen molar-refractivity contribution >= 4 is 21.9 Å². The summed E-state index contributed by atoms with van der Waals surface area (Å²) in [6.07, 6.45) is -4.21. The second-order valence-electron chi connectivity index (χ2n) is 3.96. The number of halogens is 9. The third-order valence-corrected chi connectivity index (χ3v) is 4.33. The second-order valence-corrected chi connectivity index (χ2v) is 6.65. The number of hydrogen-bond acceptors (Lipinski definition) is 3. The fourth-order valence-corrected chi connectivity index (χ4v) is 2.51. The molecule has 1 saturated heterocycles. The smallest absolute Gasteiger partial charge is 0.281 e. The largest absolute Gasteiger partial charge is 0.460 e. The monoisotopic (exact) mass is 388 g/mol. The lowest BCUT2D eigenvalue weighted by molar-refractivity contribution is -0.382. The molecule has 0 aromatic rings. The summed E-state index contributed by atoms with van der Waals surface area (Å²) in [5.41, 5.74) is 0. The van der Waals surface area contributed by atoms with Gasteiger partial charge in [0, 0.05) is 0 Å². The van der Waals surface area contributed by atoms with E-state index >= 15 is 0 Å². The summed E-state index contributed by atoms with van der Waals surface area (Å²) in [5, 5.41) is -7.00. The van der Waals surface area contributed by atoms with Crippen molar-refractivity contribution in [3.63, 3.8) is 0 Å². The summed E-state index contributed by atoms with van der Waals surface area (Å²) in [6.45, 7) is 0. The lowest BCUT2D eigenvalue weighted by Gasteiger charge is -2.31. The average Bonchev–Trinajstić information content (AvgIpc) is 2.83. The molecule has 0 amide bonds. The molecule has 0 spiro atoms. The molecule has 0 aliphatic carbocycles. The van der Waals surface area contributed by atoms with Crippen LogP contribution < -0.4 is 0 Å². The van der Waals surface area contributed by atoms with Crippen LogP contribution in [0.5, 0.6) is 0 Å². The molecular weight excluding hydrogens is 379 g/mol. The van der Waals surface area contributed by atoms with E-state index in [-0.39, 0.29) is 0 Å². The minimum Gasteiger partial charge on any atom is -0.281 e. The van der Waals surface area contributed by atoms with Gasteiger partial charge in [-0.05, 0) is 24.3 Å². The van der Waals surface area contributed by atoms with Gasteiger partial charge >= 0.3 is 33.4 Å². The Hall–Kier alpha value is -0.370. The van der Waals surface area contributed by atoms with Gasteiger partial charge in [0.05, 0.1) is 0 Å². The molecule has 0 saturated carbocycles. The van der Waals surface area contributed by atoms with Gasteiger partial charge in [-0.3, -0.25) is 4.55 Å². The topological polar surface area (TPSA) is 54.4 Å². The van der Waals surface area contributed by atoms with Gasteiger partial charge in [0.25, 0.3) is 0 Å². The summed E-state index contributed by atoms with van der Waals surface area (Å²) in [6, 6.07) is 0. The van der Waals surface area contributed by atoms with Crippen molar-refractivity contribution in [2.24, 2.45) is 0 Å². The molecule has 1 rings (SSSR count). The zero-order valence-electron chi connectivity index (χ0n) is 10.3. The highest BCUT2D eigenvalue weighted by molar-refractivity contribution is 7.99. The van der Waals surface area contributed by atoms with Crippen LogP contribution in [-0.4, -0.2) is 47.8 Å². The fraction of sp³-hybridized carbons (Fsp3) is 1.00. The van der Waals surface area contributed by atoms with Gasteiger partial charge in [-0.25, -0.2) is 0 Å². The van der Waals surface area contributed by atoms with E-state index in [0.717, 1.165) is 0 Å². The van der Waals surface area contributed by atoms with Gasteiger partial charge in [0.1, 0.15) is 0 Å². The maximum absolute atomic E-state index is 12.2. The zero-order chi connectivity index (χ0) is 18.0. The summed E-state index contributed by atoms with van der Waals surface area (Å²) in [4.78, 5) is 0.